The number of carbonyl (C=O) groups excluding carboxylic acids is 1. The van der Waals surface area contributed by atoms with Crippen LogP contribution in [0.3, 0.4) is 0 Å². The molecule has 1 unspecified atom stereocenters. The summed E-state index contributed by atoms with van der Waals surface area (Å²) in [6.45, 7) is 4.97. The fraction of sp³-hybridized carbons (Fsp3) is 0.533. The topological polar surface area (TPSA) is 67.8 Å². The molecule has 0 saturated heterocycles. The van der Waals surface area contributed by atoms with Gasteiger partial charge in [0, 0.05) is 18.7 Å². The molecule has 1 atom stereocenters. The molecule has 0 aliphatic rings. The number of aryl methyl sites for hydroxylation is 1. The molecule has 0 amide bonds. The van der Waals surface area contributed by atoms with Gasteiger partial charge in [0.1, 0.15) is 5.75 Å². The van der Waals surface area contributed by atoms with Gasteiger partial charge in [-0.3, -0.25) is 4.79 Å². The van der Waals surface area contributed by atoms with Gasteiger partial charge in [-0.05, 0) is 26.0 Å². The SMILES string of the molecule is CCOC(=O)CCNCC(O)c1cc(C)ccc1OC. The van der Waals surface area contributed by atoms with Gasteiger partial charge < -0.3 is 19.9 Å². The van der Waals surface area contributed by atoms with Gasteiger partial charge in [-0.1, -0.05) is 11.6 Å². The van der Waals surface area contributed by atoms with Crippen molar-refractivity contribution in [2.24, 2.45) is 0 Å². The van der Waals surface area contributed by atoms with E-state index in [1.54, 1.807) is 14.0 Å². The molecular formula is C15H23NO4. The summed E-state index contributed by atoms with van der Waals surface area (Å²) in [5.41, 5.74) is 1.81. The third-order valence-corrected chi connectivity index (χ3v) is 2.89. The molecule has 0 saturated carbocycles. The van der Waals surface area contributed by atoms with Crippen LogP contribution in [0, 0.1) is 6.92 Å². The number of hydrogen-bond donors (Lipinski definition) is 2. The van der Waals surface area contributed by atoms with Crippen LogP contribution >= 0.6 is 0 Å². The summed E-state index contributed by atoms with van der Waals surface area (Å²) in [4.78, 5) is 11.2. The molecule has 0 aromatic heterocycles. The summed E-state index contributed by atoms with van der Waals surface area (Å²) in [6.07, 6.45) is -0.377. The van der Waals surface area contributed by atoms with Crippen molar-refractivity contribution in [1.29, 1.82) is 0 Å². The summed E-state index contributed by atoms with van der Waals surface area (Å²) >= 11 is 0. The number of benzene rings is 1. The molecule has 112 valence electrons. The van der Waals surface area contributed by atoms with Crippen LogP contribution in [0.5, 0.6) is 5.75 Å². The number of rotatable bonds is 8. The molecule has 0 aliphatic carbocycles. The van der Waals surface area contributed by atoms with Crippen LogP contribution in [0.15, 0.2) is 18.2 Å². The highest BCUT2D eigenvalue weighted by atomic mass is 16.5. The van der Waals surface area contributed by atoms with Crippen molar-refractivity contribution in [3.05, 3.63) is 29.3 Å². The molecule has 5 heteroatoms. The minimum Gasteiger partial charge on any atom is -0.496 e. The first-order valence-corrected chi connectivity index (χ1v) is 6.77. The Kier molecular flexibility index (Phi) is 7.04. The normalized spacial score (nSPS) is 12.0. The van der Waals surface area contributed by atoms with Gasteiger partial charge in [-0.2, -0.15) is 0 Å². The van der Waals surface area contributed by atoms with Crippen LogP contribution < -0.4 is 10.1 Å². The molecule has 1 aromatic rings. The van der Waals surface area contributed by atoms with Crippen LogP contribution in [0.4, 0.5) is 0 Å². The van der Waals surface area contributed by atoms with Crippen LogP contribution in [0.25, 0.3) is 0 Å². The summed E-state index contributed by atoms with van der Waals surface area (Å²) in [5.74, 6) is 0.429. The van der Waals surface area contributed by atoms with Crippen LogP contribution in [0.2, 0.25) is 0 Å². The summed E-state index contributed by atoms with van der Waals surface area (Å²) in [6, 6.07) is 5.67. The summed E-state index contributed by atoms with van der Waals surface area (Å²) in [5, 5.41) is 13.2. The largest absolute Gasteiger partial charge is 0.496 e. The van der Waals surface area contributed by atoms with Gasteiger partial charge >= 0.3 is 5.97 Å². The quantitative estimate of drug-likeness (QED) is 0.559. The van der Waals surface area contributed by atoms with E-state index in [-0.39, 0.29) is 5.97 Å². The Labute approximate surface area is 119 Å². The van der Waals surface area contributed by atoms with Crippen molar-refractivity contribution < 1.29 is 19.4 Å². The first-order chi connectivity index (χ1) is 9.58. The van der Waals surface area contributed by atoms with E-state index in [2.05, 4.69) is 5.32 Å². The smallest absolute Gasteiger partial charge is 0.307 e. The Morgan fingerprint density at radius 3 is 2.85 bits per heavy atom. The molecule has 5 nitrogen and oxygen atoms in total. The van der Waals surface area contributed by atoms with Gasteiger partial charge in [0.15, 0.2) is 0 Å². The molecular weight excluding hydrogens is 258 g/mol. The Morgan fingerprint density at radius 2 is 2.20 bits per heavy atom. The predicted octanol–water partition coefficient (Wildman–Crippen LogP) is 1.58. The fourth-order valence-corrected chi connectivity index (χ4v) is 1.89. The lowest BCUT2D eigenvalue weighted by Crippen LogP contribution is -2.25. The highest BCUT2D eigenvalue weighted by Crippen LogP contribution is 2.25. The summed E-state index contributed by atoms with van der Waals surface area (Å²) in [7, 11) is 1.58. The Balaban J connectivity index is 2.45. The van der Waals surface area contributed by atoms with E-state index in [0.29, 0.717) is 31.9 Å². The number of ether oxygens (including phenoxy) is 2. The number of nitrogens with one attached hydrogen (secondary N) is 1. The molecule has 0 spiro atoms. The van der Waals surface area contributed by atoms with Gasteiger partial charge in [0.05, 0.1) is 26.2 Å². The molecule has 0 heterocycles. The van der Waals surface area contributed by atoms with E-state index >= 15 is 0 Å². The van der Waals surface area contributed by atoms with Crippen molar-refractivity contribution in [3.8, 4) is 5.75 Å². The van der Waals surface area contributed by atoms with Crippen molar-refractivity contribution in [2.45, 2.75) is 26.4 Å². The van der Waals surface area contributed by atoms with E-state index < -0.39 is 6.10 Å². The standard InChI is InChI=1S/C15H23NO4/c1-4-20-15(18)7-8-16-10-13(17)12-9-11(2)5-6-14(12)19-3/h5-6,9,13,16-17H,4,7-8,10H2,1-3H3. The Bertz CT molecular complexity index is 434. The van der Waals surface area contributed by atoms with Crippen molar-refractivity contribution in [2.75, 3.05) is 26.8 Å². The van der Waals surface area contributed by atoms with Crippen molar-refractivity contribution >= 4 is 5.97 Å². The average molecular weight is 281 g/mol. The molecule has 0 bridgehead atoms. The number of carbonyl (C=O) groups is 1. The molecule has 20 heavy (non-hydrogen) atoms. The molecule has 0 fully saturated rings. The highest BCUT2D eigenvalue weighted by molar-refractivity contribution is 5.69. The molecule has 0 radical (unpaired) electrons. The van der Waals surface area contributed by atoms with Crippen LogP contribution in [-0.4, -0.2) is 37.9 Å². The highest BCUT2D eigenvalue weighted by Gasteiger charge is 2.13. The first-order valence-electron chi connectivity index (χ1n) is 6.77. The monoisotopic (exact) mass is 281 g/mol. The number of methoxy groups -OCH3 is 1. The maximum atomic E-state index is 11.2. The van der Waals surface area contributed by atoms with E-state index in [0.717, 1.165) is 11.1 Å². The second kappa shape index (κ2) is 8.55. The zero-order chi connectivity index (χ0) is 15.0. The van der Waals surface area contributed by atoms with E-state index in [1.165, 1.54) is 0 Å². The van der Waals surface area contributed by atoms with Gasteiger partial charge in [0.2, 0.25) is 0 Å². The summed E-state index contributed by atoms with van der Waals surface area (Å²) < 4.78 is 10.1. The lowest BCUT2D eigenvalue weighted by Gasteiger charge is -2.16. The lowest BCUT2D eigenvalue weighted by molar-refractivity contribution is -0.143. The molecule has 1 aromatic carbocycles. The van der Waals surface area contributed by atoms with Gasteiger partial charge in [-0.25, -0.2) is 0 Å². The second-order valence-electron chi connectivity index (χ2n) is 4.52. The second-order valence-corrected chi connectivity index (χ2v) is 4.52. The minimum absolute atomic E-state index is 0.234. The first kappa shape index (κ1) is 16.5. The number of hydrogen-bond acceptors (Lipinski definition) is 5. The number of aliphatic hydroxyl groups excluding tert-OH is 1. The average Bonchev–Trinajstić information content (AvgIpc) is 2.43. The zero-order valence-corrected chi connectivity index (χ0v) is 12.3. The third kappa shape index (κ3) is 5.19. The van der Waals surface area contributed by atoms with E-state index in [1.807, 2.05) is 25.1 Å². The maximum absolute atomic E-state index is 11.2. The van der Waals surface area contributed by atoms with Gasteiger partial charge in [-0.15, -0.1) is 0 Å². The minimum atomic E-state index is -0.674. The Morgan fingerprint density at radius 1 is 1.45 bits per heavy atom. The van der Waals surface area contributed by atoms with E-state index in [9.17, 15) is 9.90 Å². The third-order valence-electron chi connectivity index (χ3n) is 2.89. The Hall–Kier alpha value is -1.59. The molecule has 2 N–H and O–H groups in total. The van der Waals surface area contributed by atoms with Crippen molar-refractivity contribution in [3.63, 3.8) is 0 Å². The van der Waals surface area contributed by atoms with E-state index in [4.69, 9.17) is 9.47 Å². The van der Waals surface area contributed by atoms with Crippen molar-refractivity contribution in [1.82, 2.24) is 5.32 Å². The van der Waals surface area contributed by atoms with Crippen LogP contribution in [-0.2, 0) is 9.53 Å². The molecule has 1 rings (SSSR count). The maximum Gasteiger partial charge on any atom is 0.307 e. The zero-order valence-electron chi connectivity index (χ0n) is 12.3. The lowest BCUT2D eigenvalue weighted by atomic mass is 10.1. The number of aliphatic hydroxyl groups is 1. The molecule has 0 aliphatic heterocycles. The van der Waals surface area contributed by atoms with Crippen LogP contribution in [0.1, 0.15) is 30.6 Å². The van der Waals surface area contributed by atoms with Gasteiger partial charge in [0.25, 0.3) is 0 Å². The predicted molar refractivity (Wildman–Crippen MR) is 76.8 cm³/mol. The fourth-order valence-electron chi connectivity index (χ4n) is 1.89. The number of esters is 1.